The van der Waals surface area contributed by atoms with Crippen LogP contribution < -0.4 is 5.32 Å². The molecular weight excluding hydrogens is 140 g/mol. The lowest BCUT2D eigenvalue weighted by atomic mass is 9.89. The maximum Gasteiger partial charge on any atom is 0.265 e. The highest BCUT2D eigenvalue weighted by Crippen LogP contribution is 2.15. The van der Waals surface area contributed by atoms with Crippen molar-refractivity contribution in [3.63, 3.8) is 0 Å². The van der Waals surface area contributed by atoms with Gasteiger partial charge in [0.05, 0.1) is 0 Å². The Morgan fingerprint density at radius 2 is 1.82 bits per heavy atom. The van der Waals surface area contributed by atoms with E-state index in [4.69, 9.17) is 0 Å². The average Bonchev–Trinajstić information content (AvgIpc) is 1.86. The maximum absolute atomic E-state index is 11.1. The molecule has 3 heteroatoms. The number of hydrogen-bond donors (Lipinski definition) is 1. The first-order chi connectivity index (χ1) is 4.93. The summed E-state index contributed by atoms with van der Waals surface area (Å²) in [7, 11) is 3.25. The van der Waals surface area contributed by atoms with Gasteiger partial charge in [0, 0.05) is 19.5 Å². The Kier molecular flexibility index (Phi) is 3.23. The van der Waals surface area contributed by atoms with Crippen molar-refractivity contribution in [1.82, 2.24) is 5.32 Å². The van der Waals surface area contributed by atoms with E-state index in [1.54, 1.807) is 14.1 Å². The average molecular weight is 156 g/mol. The molecule has 3 nitrogen and oxygen atoms in total. The van der Waals surface area contributed by atoms with Crippen molar-refractivity contribution >= 4 is 11.6 Å². The van der Waals surface area contributed by atoms with Crippen LogP contribution in [0.25, 0.3) is 0 Å². The summed E-state index contributed by atoms with van der Waals surface area (Å²) < 4.78 is 0. The van der Waals surface area contributed by atoms with Gasteiger partial charge in [-0.15, -0.1) is 0 Å². The van der Waals surface area contributed by atoms with Gasteiger partial charge >= 0.3 is 0 Å². The molecule has 1 amide bonds. The molecule has 0 aliphatic heterocycles. The second kappa shape index (κ2) is 3.51. The van der Waals surface area contributed by atoms with Gasteiger partial charge in [-0.3, -0.25) is 9.79 Å². The van der Waals surface area contributed by atoms with Crippen LogP contribution in [0, 0.1) is 5.41 Å². The Morgan fingerprint density at radius 3 is 1.91 bits per heavy atom. The van der Waals surface area contributed by atoms with Crippen LogP contribution in [0.5, 0.6) is 0 Å². The summed E-state index contributed by atoms with van der Waals surface area (Å²) in [5.74, 6) is -0.0972. The third kappa shape index (κ3) is 2.70. The zero-order chi connectivity index (χ0) is 9.07. The zero-order valence-corrected chi connectivity index (χ0v) is 7.86. The van der Waals surface area contributed by atoms with E-state index in [2.05, 4.69) is 10.3 Å². The van der Waals surface area contributed by atoms with E-state index in [0.29, 0.717) is 5.71 Å². The zero-order valence-electron chi connectivity index (χ0n) is 7.86. The summed E-state index contributed by atoms with van der Waals surface area (Å²) in [5, 5.41) is 2.55. The van der Waals surface area contributed by atoms with Crippen LogP contribution in [0.2, 0.25) is 0 Å². The second-order valence-electron chi connectivity index (χ2n) is 3.40. The van der Waals surface area contributed by atoms with Gasteiger partial charge in [-0.2, -0.15) is 0 Å². The Bertz CT molecular complexity index is 177. The van der Waals surface area contributed by atoms with Gasteiger partial charge in [-0.1, -0.05) is 20.8 Å². The van der Waals surface area contributed by atoms with E-state index in [1.807, 2.05) is 20.8 Å². The molecule has 0 radical (unpaired) electrons. The van der Waals surface area contributed by atoms with Crippen molar-refractivity contribution in [2.45, 2.75) is 20.8 Å². The highest BCUT2D eigenvalue weighted by molar-refractivity contribution is 6.40. The fourth-order valence-electron chi connectivity index (χ4n) is 0.896. The molecule has 0 unspecified atom stereocenters. The predicted octanol–water partition coefficient (Wildman–Crippen LogP) is 0.849. The molecule has 0 aliphatic carbocycles. The summed E-state index contributed by atoms with van der Waals surface area (Å²) in [6.45, 7) is 5.89. The van der Waals surface area contributed by atoms with E-state index in [0.717, 1.165) is 0 Å². The monoisotopic (exact) mass is 156 g/mol. The van der Waals surface area contributed by atoms with Gasteiger partial charge in [0.15, 0.2) is 0 Å². The maximum atomic E-state index is 11.1. The van der Waals surface area contributed by atoms with Gasteiger partial charge < -0.3 is 5.32 Å². The SMILES string of the molecule is C/N=C(\C(=O)NC)C(C)(C)C. The number of nitrogens with one attached hydrogen (secondary N) is 1. The highest BCUT2D eigenvalue weighted by Gasteiger charge is 2.23. The molecule has 0 spiro atoms. The van der Waals surface area contributed by atoms with Crippen LogP contribution in [-0.4, -0.2) is 25.7 Å². The molecule has 0 bridgehead atoms. The van der Waals surface area contributed by atoms with Crippen molar-refractivity contribution in [1.29, 1.82) is 0 Å². The number of rotatable bonds is 1. The van der Waals surface area contributed by atoms with Gasteiger partial charge in [-0.25, -0.2) is 0 Å². The van der Waals surface area contributed by atoms with Crippen molar-refractivity contribution in [2.75, 3.05) is 14.1 Å². The van der Waals surface area contributed by atoms with Crippen molar-refractivity contribution < 1.29 is 4.79 Å². The summed E-state index contributed by atoms with van der Waals surface area (Å²) in [4.78, 5) is 15.1. The third-order valence-electron chi connectivity index (χ3n) is 1.38. The van der Waals surface area contributed by atoms with Gasteiger partial charge in [-0.05, 0) is 0 Å². The van der Waals surface area contributed by atoms with Gasteiger partial charge in [0.25, 0.3) is 5.91 Å². The van der Waals surface area contributed by atoms with Crippen LogP contribution in [0.3, 0.4) is 0 Å². The summed E-state index contributed by atoms with van der Waals surface area (Å²) in [5.41, 5.74) is 0.412. The fraction of sp³-hybridized carbons (Fsp3) is 0.750. The molecule has 0 aromatic heterocycles. The highest BCUT2D eigenvalue weighted by atomic mass is 16.1. The molecular formula is C8H16N2O. The smallest absolute Gasteiger partial charge is 0.265 e. The lowest BCUT2D eigenvalue weighted by Gasteiger charge is -2.19. The minimum Gasteiger partial charge on any atom is -0.354 e. The molecule has 0 saturated heterocycles. The Hall–Kier alpha value is -0.860. The van der Waals surface area contributed by atoms with E-state index >= 15 is 0 Å². The largest absolute Gasteiger partial charge is 0.354 e. The van der Waals surface area contributed by atoms with E-state index in [9.17, 15) is 4.79 Å². The molecule has 0 heterocycles. The fourth-order valence-corrected chi connectivity index (χ4v) is 0.896. The van der Waals surface area contributed by atoms with Crippen molar-refractivity contribution in [3.8, 4) is 0 Å². The van der Waals surface area contributed by atoms with Crippen LogP contribution in [0.15, 0.2) is 4.99 Å². The Balaban J connectivity index is 4.58. The van der Waals surface area contributed by atoms with Gasteiger partial charge in [0.1, 0.15) is 5.71 Å². The number of carbonyl (C=O) groups is 1. The molecule has 0 aromatic rings. The quantitative estimate of drug-likeness (QED) is 0.562. The molecule has 0 fully saturated rings. The first-order valence-corrected chi connectivity index (χ1v) is 3.62. The van der Waals surface area contributed by atoms with Gasteiger partial charge in [0.2, 0.25) is 0 Å². The molecule has 64 valence electrons. The first kappa shape index (κ1) is 10.1. The van der Waals surface area contributed by atoms with Crippen LogP contribution in [0.4, 0.5) is 0 Å². The molecule has 0 aromatic carbocycles. The number of aliphatic imine (C=N–C) groups is 1. The second-order valence-corrected chi connectivity index (χ2v) is 3.40. The Morgan fingerprint density at radius 1 is 1.36 bits per heavy atom. The first-order valence-electron chi connectivity index (χ1n) is 3.62. The molecule has 11 heavy (non-hydrogen) atoms. The van der Waals surface area contributed by atoms with Crippen LogP contribution >= 0.6 is 0 Å². The number of amides is 1. The Labute approximate surface area is 67.9 Å². The predicted molar refractivity (Wildman–Crippen MR) is 46.9 cm³/mol. The molecule has 0 atom stereocenters. The van der Waals surface area contributed by atoms with Crippen molar-refractivity contribution in [3.05, 3.63) is 0 Å². The summed E-state index contributed by atoms with van der Waals surface area (Å²) >= 11 is 0. The van der Waals surface area contributed by atoms with Crippen LogP contribution in [-0.2, 0) is 4.79 Å². The number of nitrogens with zero attached hydrogens (tertiary/aromatic N) is 1. The standard InChI is InChI=1S/C8H16N2O/c1-8(2,3)6(9-4)7(11)10-5/h1-5H3,(H,10,11)/b9-6+. The number of hydrogen-bond acceptors (Lipinski definition) is 2. The number of carbonyl (C=O) groups excluding carboxylic acids is 1. The van der Waals surface area contributed by atoms with Crippen molar-refractivity contribution in [2.24, 2.45) is 10.4 Å². The summed E-state index contributed by atoms with van der Waals surface area (Å²) in [6, 6.07) is 0. The minimum absolute atomic E-state index is 0.0972. The topological polar surface area (TPSA) is 41.5 Å². The third-order valence-corrected chi connectivity index (χ3v) is 1.38. The van der Waals surface area contributed by atoms with Crippen LogP contribution in [0.1, 0.15) is 20.8 Å². The molecule has 0 saturated carbocycles. The minimum atomic E-state index is -0.172. The normalized spacial score (nSPS) is 13.0. The molecule has 1 N–H and O–H groups in total. The van der Waals surface area contributed by atoms with E-state index in [1.165, 1.54) is 0 Å². The summed E-state index contributed by atoms with van der Waals surface area (Å²) in [6.07, 6.45) is 0. The molecule has 0 aliphatic rings. The van der Waals surface area contributed by atoms with E-state index < -0.39 is 0 Å². The lowest BCUT2D eigenvalue weighted by Crippen LogP contribution is -2.36. The molecule has 0 rings (SSSR count). The lowest BCUT2D eigenvalue weighted by molar-refractivity contribution is -0.114. The van der Waals surface area contributed by atoms with E-state index in [-0.39, 0.29) is 11.3 Å².